The topological polar surface area (TPSA) is 52.0 Å². The lowest BCUT2D eigenvalue weighted by Gasteiger charge is -2.13. The monoisotopic (exact) mass is 274 g/mol. The van der Waals surface area contributed by atoms with Gasteiger partial charge >= 0.3 is 0 Å². The summed E-state index contributed by atoms with van der Waals surface area (Å²) < 4.78 is 7.80. The van der Waals surface area contributed by atoms with Crippen molar-refractivity contribution < 1.29 is 4.74 Å². The molecule has 20 heavy (non-hydrogen) atoms. The predicted molar refractivity (Wildman–Crippen MR) is 78.7 cm³/mol. The summed E-state index contributed by atoms with van der Waals surface area (Å²) in [5.74, 6) is 1.74. The SMILES string of the molecule is CNCc1cc(C)ccc1OCc1ncnn1C(C)C. The van der Waals surface area contributed by atoms with Crippen LogP contribution in [0.25, 0.3) is 0 Å². The van der Waals surface area contributed by atoms with Gasteiger partial charge in [-0.2, -0.15) is 5.10 Å². The first-order chi connectivity index (χ1) is 9.61. The Bertz CT molecular complexity index is 563. The molecule has 0 bridgehead atoms. The Kier molecular flexibility index (Phi) is 4.74. The van der Waals surface area contributed by atoms with Crippen molar-refractivity contribution in [1.82, 2.24) is 20.1 Å². The number of nitrogens with zero attached hydrogens (tertiary/aromatic N) is 3. The molecule has 0 saturated carbocycles. The highest BCUT2D eigenvalue weighted by atomic mass is 16.5. The van der Waals surface area contributed by atoms with E-state index in [4.69, 9.17) is 4.74 Å². The van der Waals surface area contributed by atoms with Gasteiger partial charge in [0, 0.05) is 18.2 Å². The van der Waals surface area contributed by atoms with Crippen LogP contribution in [0.3, 0.4) is 0 Å². The fourth-order valence-electron chi connectivity index (χ4n) is 2.13. The van der Waals surface area contributed by atoms with E-state index in [9.17, 15) is 0 Å². The van der Waals surface area contributed by atoms with Crippen LogP contribution in [-0.2, 0) is 13.2 Å². The molecule has 0 unspecified atom stereocenters. The second kappa shape index (κ2) is 6.52. The quantitative estimate of drug-likeness (QED) is 0.879. The first kappa shape index (κ1) is 14.5. The van der Waals surface area contributed by atoms with Gasteiger partial charge in [0.2, 0.25) is 0 Å². The van der Waals surface area contributed by atoms with E-state index in [1.807, 2.05) is 17.8 Å². The van der Waals surface area contributed by atoms with E-state index >= 15 is 0 Å². The summed E-state index contributed by atoms with van der Waals surface area (Å²) >= 11 is 0. The molecular weight excluding hydrogens is 252 g/mol. The molecular formula is C15H22N4O. The van der Waals surface area contributed by atoms with Crippen LogP contribution < -0.4 is 10.1 Å². The molecule has 1 heterocycles. The summed E-state index contributed by atoms with van der Waals surface area (Å²) in [4.78, 5) is 4.26. The zero-order valence-corrected chi connectivity index (χ0v) is 12.6. The molecule has 0 aliphatic rings. The Labute approximate surface area is 120 Å². The molecule has 0 radical (unpaired) electrons. The lowest BCUT2D eigenvalue weighted by atomic mass is 10.1. The average Bonchev–Trinajstić information content (AvgIpc) is 2.87. The fraction of sp³-hybridized carbons (Fsp3) is 0.467. The number of benzene rings is 1. The number of aryl methyl sites for hydroxylation is 1. The maximum Gasteiger partial charge on any atom is 0.165 e. The third-order valence-electron chi connectivity index (χ3n) is 3.08. The van der Waals surface area contributed by atoms with E-state index in [0.29, 0.717) is 6.61 Å². The average molecular weight is 274 g/mol. The van der Waals surface area contributed by atoms with E-state index in [2.05, 4.69) is 48.3 Å². The molecule has 5 nitrogen and oxygen atoms in total. The number of ether oxygens (including phenoxy) is 1. The van der Waals surface area contributed by atoms with E-state index in [1.165, 1.54) is 5.56 Å². The fourth-order valence-corrected chi connectivity index (χ4v) is 2.13. The zero-order valence-electron chi connectivity index (χ0n) is 12.6. The van der Waals surface area contributed by atoms with Crippen LogP contribution in [0.5, 0.6) is 5.75 Å². The number of hydrogen-bond donors (Lipinski definition) is 1. The lowest BCUT2D eigenvalue weighted by molar-refractivity contribution is 0.279. The smallest absolute Gasteiger partial charge is 0.165 e. The predicted octanol–water partition coefficient (Wildman–Crippen LogP) is 2.47. The normalized spacial score (nSPS) is 11.1. The highest BCUT2D eigenvalue weighted by Crippen LogP contribution is 2.21. The van der Waals surface area contributed by atoms with Gasteiger partial charge in [0.05, 0.1) is 0 Å². The Balaban J connectivity index is 2.12. The molecule has 0 spiro atoms. The van der Waals surface area contributed by atoms with Gasteiger partial charge < -0.3 is 10.1 Å². The molecule has 2 rings (SSSR count). The van der Waals surface area contributed by atoms with Crippen LogP contribution in [0.4, 0.5) is 0 Å². The Morgan fingerprint density at radius 3 is 2.85 bits per heavy atom. The van der Waals surface area contributed by atoms with Crippen LogP contribution in [0, 0.1) is 6.92 Å². The maximum absolute atomic E-state index is 5.92. The third kappa shape index (κ3) is 3.36. The Morgan fingerprint density at radius 2 is 2.15 bits per heavy atom. The van der Waals surface area contributed by atoms with Crippen LogP contribution in [0.15, 0.2) is 24.5 Å². The second-order valence-electron chi connectivity index (χ2n) is 5.14. The highest BCUT2D eigenvalue weighted by molar-refractivity contribution is 5.36. The van der Waals surface area contributed by atoms with Crippen molar-refractivity contribution in [3.63, 3.8) is 0 Å². The zero-order chi connectivity index (χ0) is 14.5. The molecule has 0 fully saturated rings. The van der Waals surface area contributed by atoms with Gasteiger partial charge in [-0.15, -0.1) is 0 Å². The molecule has 0 aliphatic heterocycles. The lowest BCUT2D eigenvalue weighted by Crippen LogP contribution is -2.12. The van der Waals surface area contributed by atoms with Crippen LogP contribution in [0.1, 0.15) is 36.8 Å². The van der Waals surface area contributed by atoms with Crippen molar-refractivity contribution in [3.8, 4) is 5.75 Å². The van der Waals surface area contributed by atoms with Crippen molar-refractivity contribution in [2.45, 2.75) is 40.0 Å². The van der Waals surface area contributed by atoms with Gasteiger partial charge in [-0.25, -0.2) is 9.67 Å². The van der Waals surface area contributed by atoms with E-state index in [0.717, 1.165) is 23.7 Å². The maximum atomic E-state index is 5.92. The largest absolute Gasteiger partial charge is 0.485 e. The molecule has 5 heteroatoms. The van der Waals surface area contributed by atoms with Gasteiger partial charge in [-0.05, 0) is 33.9 Å². The number of aromatic nitrogens is 3. The van der Waals surface area contributed by atoms with E-state index in [-0.39, 0.29) is 6.04 Å². The summed E-state index contributed by atoms with van der Waals surface area (Å²) in [7, 11) is 1.93. The number of hydrogen-bond acceptors (Lipinski definition) is 4. The molecule has 0 saturated heterocycles. The van der Waals surface area contributed by atoms with Crippen molar-refractivity contribution in [2.75, 3.05) is 7.05 Å². The molecule has 108 valence electrons. The van der Waals surface area contributed by atoms with Gasteiger partial charge in [-0.3, -0.25) is 0 Å². The summed E-state index contributed by atoms with van der Waals surface area (Å²) in [6.45, 7) is 7.46. The minimum absolute atomic E-state index is 0.283. The molecule has 1 aromatic carbocycles. The third-order valence-corrected chi connectivity index (χ3v) is 3.08. The summed E-state index contributed by atoms with van der Waals surface area (Å²) in [5, 5.41) is 7.38. The molecule has 1 aromatic heterocycles. The molecule has 0 aliphatic carbocycles. The minimum atomic E-state index is 0.283. The Hall–Kier alpha value is -1.88. The van der Waals surface area contributed by atoms with Crippen LogP contribution in [-0.4, -0.2) is 21.8 Å². The summed E-state index contributed by atoms with van der Waals surface area (Å²) in [6.07, 6.45) is 1.57. The number of rotatable bonds is 6. The Morgan fingerprint density at radius 1 is 1.35 bits per heavy atom. The second-order valence-corrected chi connectivity index (χ2v) is 5.14. The first-order valence-corrected chi connectivity index (χ1v) is 6.87. The highest BCUT2D eigenvalue weighted by Gasteiger charge is 2.10. The van der Waals surface area contributed by atoms with Crippen LogP contribution >= 0.6 is 0 Å². The molecule has 2 aromatic rings. The van der Waals surface area contributed by atoms with Crippen molar-refractivity contribution >= 4 is 0 Å². The van der Waals surface area contributed by atoms with Crippen molar-refractivity contribution in [1.29, 1.82) is 0 Å². The standard InChI is InChI=1S/C15H22N4O/c1-11(2)19-15(17-10-18-19)9-20-14-6-5-12(3)7-13(14)8-16-4/h5-7,10-11,16H,8-9H2,1-4H3. The van der Waals surface area contributed by atoms with Crippen molar-refractivity contribution in [2.24, 2.45) is 0 Å². The van der Waals surface area contributed by atoms with Gasteiger partial charge in [0.15, 0.2) is 5.82 Å². The van der Waals surface area contributed by atoms with Crippen molar-refractivity contribution in [3.05, 3.63) is 41.5 Å². The van der Waals surface area contributed by atoms with Gasteiger partial charge in [0.1, 0.15) is 18.7 Å². The van der Waals surface area contributed by atoms with E-state index < -0.39 is 0 Å². The summed E-state index contributed by atoms with van der Waals surface area (Å²) in [5.41, 5.74) is 2.39. The molecule has 0 atom stereocenters. The van der Waals surface area contributed by atoms with E-state index in [1.54, 1.807) is 6.33 Å². The van der Waals surface area contributed by atoms with Gasteiger partial charge in [-0.1, -0.05) is 17.7 Å². The minimum Gasteiger partial charge on any atom is -0.485 e. The first-order valence-electron chi connectivity index (χ1n) is 6.87. The number of nitrogens with one attached hydrogen (secondary N) is 1. The summed E-state index contributed by atoms with van der Waals surface area (Å²) in [6, 6.07) is 6.49. The molecule has 1 N–H and O–H groups in total. The molecule has 0 amide bonds. The van der Waals surface area contributed by atoms with Gasteiger partial charge in [0.25, 0.3) is 0 Å². The van der Waals surface area contributed by atoms with Crippen LogP contribution in [0.2, 0.25) is 0 Å².